The van der Waals surface area contributed by atoms with Gasteiger partial charge in [-0.2, -0.15) is 0 Å². The van der Waals surface area contributed by atoms with Crippen LogP contribution in [0.5, 0.6) is 11.5 Å². The Morgan fingerprint density at radius 2 is 1.71 bits per heavy atom. The summed E-state index contributed by atoms with van der Waals surface area (Å²) in [4.78, 5) is 15.9. The van der Waals surface area contributed by atoms with Gasteiger partial charge in [-0.05, 0) is 55.0 Å². The van der Waals surface area contributed by atoms with Crippen LogP contribution in [0.3, 0.4) is 0 Å². The van der Waals surface area contributed by atoms with E-state index in [1.807, 2.05) is 49.4 Å². The molecule has 0 fully saturated rings. The van der Waals surface area contributed by atoms with Crippen LogP contribution in [0.2, 0.25) is 0 Å². The Morgan fingerprint density at radius 1 is 1.04 bits per heavy atom. The topological polar surface area (TPSA) is 73.6 Å². The predicted molar refractivity (Wildman–Crippen MR) is 108 cm³/mol. The van der Waals surface area contributed by atoms with Crippen molar-refractivity contribution >= 4 is 27.8 Å². The molecule has 4 rings (SSSR count). The van der Waals surface area contributed by atoms with Gasteiger partial charge in [-0.25, -0.2) is 0 Å². The lowest BCUT2D eigenvalue weighted by molar-refractivity contribution is -0.136. The van der Waals surface area contributed by atoms with Crippen LogP contribution in [-0.2, 0) is 11.2 Å². The van der Waals surface area contributed by atoms with Crippen molar-refractivity contribution in [1.29, 1.82) is 0 Å². The number of carboxylic acid groups (broad SMARTS) is 1. The van der Waals surface area contributed by atoms with Crippen LogP contribution >= 0.6 is 0 Å². The normalized spacial score (nSPS) is 11.1. The molecular weight excluding hydrogens is 356 g/mol. The maximum absolute atomic E-state index is 11.5. The second-order valence-corrected chi connectivity index (χ2v) is 6.57. The zero-order chi connectivity index (χ0) is 19.8. The Bertz CT molecular complexity index is 1210. The maximum Gasteiger partial charge on any atom is 0.307 e. The molecule has 0 aliphatic carbocycles. The highest BCUT2D eigenvalue weighted by Crippen LogP contribution is 2.35. The highest BCUT2D eigenvalue weighted by molar-refractivity contribution is 5.95. The highest BCUT2D eigenvalue weighted by atomic mass is 16.5. The first-order valence-corrected chi connectivity index (χ1v) is 8.86. The SMILES string of the molecule is COc1ccc2nccc(-n3c(C)c(CC(=O)O)c4cc(OC)ccc43)c2c1. The van der Waals surface area contributed by atoms with Crippen molar-refractivity contribution in [1.82, 2.24) is 9.55 Å². The number of aliphatic carboxylic acids is 1. The van der Waals surface area contributed by atoms with E-state index in [0.29, 0.717) is 5.75 Å². The summed E-state index contributed by atoms with van der Waals surface area (Å²) in [6.07, 6.45) is 1.70. The highest BCUT2D eigenvalue weighted by Gasteiger charge is 2.19. The fourth-order valence-corrected chi connectivity index (χ4v) is 3.71. The molecule has 2 aromatic heterocycles. The minimum Gasteiger partial charge on any atom is -0.497 e. The van der Waals surface area contributed by atoms with Crippen LogP contribution in [0.25, 0.3) is 27.5 Å². The molecule has 0 atom stereocenters. The Hall–Kier alpha value is -3.54. The average molecular weight is 376 g/mol. The van der Waals surface area contributed by atoms with Crippen molar-refractivity contribution in [3.63, 3.8) is 0 Å². The van der Waals surface area contributed by atoms with E-state index in [1.165, 1.54) is 0 Å². The Balaban J connectivity index is 2.08. The zero-order valence-corrected chi connectivity index (χ0v) is 15.9. The number of benzene rings is 2. The number of ether oxygens (including phenoxy) is 2. The molecule has 0 saturated heterocycles. The van der Waals surface area contributed by atoms with E-state index in [9.17, 15) is 9.90 Å². The van der Waals surface area contributed by atoms with E-state index in [0.717, 1.165) is 44.5 Å². The largest absolute Gasteiger partial charge is 0.497 e. The van der Waals surface area contributed by atoms with Crippen molar-refractivity contribution in [3.8, 4) is 17.2 Å². The number of carbonyl (C=O) groups is 1. The summed E-state index contributed by atoms with van der Waals surface area (Å²) in [5.41, 5.74) is 4.33. The predicted octanol–water partition coefficient (Wildman–Crippen LogP) is 4.13. The van der Waals surface area contributed by atoms with Crippen LogP contribution in [0.15, 0.2) is 48.7 Å². The van der Waals surface area contributed by atoms with Crippen LogP contribution in [0.1, 0.15) is 11.3 Å². The second-order valence-electron chi connectivity index (χ2n) is 6.57. The van der Waals surface area contributed by atoms with Crippen LogP contribution in [0.4, 0.5) is 0 Å². The third kappa shape index (κ3) is 2.83. The van der Waals surface area contributed by atoms with Crippen molar-refractivity contribution in [3.05, 3.63) is 59.9 Å². The molecule has 28 heavy (non-hydrogen) atoms. The molecule has 0 saturated carbocycles. The van der Waals surface area contributed by atoms with Crippen molar-refractivity contribution < 1.29 is 19.4 Å². The van der Waals surface area contributed by atoms with Gasteiger partial charge in [-0.3, -0.25) is 9.78 Å². The number of hydrogen-bond acceptors (Lipinski definition) is 4. The summed E-state index contributed by atoms with van der Waals surface area (Å²) in [7, 11) is 3.23. The monoisotopic (exact) mass is 376 g/mol. The van der Waals surface area contributed by atoms with E-state index in [2.05, 4.69) is 9.55 Å². The molecular formula is C22H20N2O4. The van der Waals surface area contributed by atoms with Gasteiger partial charge in [0.05, 0.1) is 37.4 Å². The smallest absolute Gasteiger partial charge is 0.307 e. The van der Waals surface area contributed by atoms with E-state index in [4.69, 9.17) is 9.47 Å². The van der Waals surface area contributed by atoms with Gasteiger partial charge in [0.15, 0.2) is 0 Å². The van der Waals surface area contributed by atoms with Gasteiger partial charge >= 0.3 is 5.97 Å². The molecule has 6 nitrogen and oxygen atoms in total. The van der Waals surface area contributed by atoms with Gasteiger partial charge in [-0.1, -0.05) is 0 Å². The van der Waals surface area contributed by atoms with E-state index in [-0.39, 0.29) is 6.42 Å². The Kier molecular flexibility index (Phi) is 4.39. The number of nitrogens with zero attached hydrogens (tertiary/aromatic N) is 2. The molecule has 1 N–H and O–H groups in total. The van der Waals surface area contributed by atoms with E-state index in [1.54, 1.807) is 20.4 Å². The maximum atomic E-state index is 11.5. The molecule has 2 aromatic carbocycles. The van der Waals surface area contributed by atoms with Crippen LogP contribution < -0.4 is 9.47 Å². The van der Waals surface area contributed by atoms with Crippen LogP contribution in [-0.4, -0.2) is 34.8 Å². The molecule has 0 amide bonds. The molecule has 0 bridgehead atoms. The Labute approximate surface area is 161 Å². The summed E-state index contributed by atoms with van der Waals surface area (Å²) in [6.45, 7) is 1.94. The molecule has 0 aliphatic heterocycles. The lowest BCUT2D eigenvalue weighted by atomic mass is 10.1. The quantitative estimate of drug-likeness (QED) is 0.567. The number of pyridine rings is 1. The third-order valence-electron chi connectivity index (χ3n) is 5.04. The fourth-order valence-electron chi connectivity index (χ4n) is 3.71. The molecule has 0 radical (unpaired) electrons. The molecule has 2 heterocycles. The van der Waals surface area contributed by atoms with Gasteiger partial charge in [0, 0.05) is 22.7 Å². The lowest BCUT2D eigenvalue weighted by Crippen LogP contribution is -2.03. The zero-order valence-electron chi connectivity index (χ0n) is 15.9. The van der Waals surface area contributed by atoms with Crippen LogP contribution in [0, 0.1) is 6.92 Å². The van der Waals surface area contributed by atoms with Crippen molar-refractivity contribution in [2.45, 2.75) is 13.3 Å². The standard InChI is InChI=1S/C22H20N2O4/c1-13-16(12-22(25)26)17-10-15(28-3)5-7-20(17)24(13)21-8-9-23-19-6-4-14(27-2)11-18(19)21/h4-11H,12H2,1-3H3,(H,25,26). The molecule has 4 aromatic rings. The summed E-state index contributed by atoms with van der Waals surface area (Å²) in [6, 6.07) is 13.4. The van der Waals surface area contributed by atoms with Crippen molar-refractivity contribution in [2.75, 3.05) is 14.2 Å². The number of rotatable bonds is 5. The summed E-state index contributed by atoms with van der Waals surface area (Å²) >= 11 is 0. The van der Waals surface area contributed by atoms with Gasteiger partial charge in [0.2, 0.25) is 0 Å². The molecule has 6 heteroatoms. The number of aromatic nitrogens is 2. The average Bonchev–Trinajstić information content (AvgIpc) is 2.97. The summed E-state index contributed by atoms with van der Waals surface area (Å²) in [5.74, 6) is 0.562. The summed E-state index contributed by atoms with van der Waals surface area (Å²) in [5, 5.41) is 11.2. The van der Waals surface area contributed by atoms with Gasteiger partial charge < -0.3 is 19.1 Å². The van der Waals surface area contributed by atoms with Gasteiger partial charge in [0.1, 0.15) is 11.5 Å². The first kappa shape index (κ1) is 17.9. The number of carboxylic acids is 1. The molecule has 0 unspecified atom stereocenters. The first-order valence-electron chi connectivity index (χ1n) is 8.86. The molecule has 0 aliphatic rings. The number of methoxy groups -OCH3 is 2. The minimum absolute atomic E-state index is 0.0607. The number of fused-ring (bicyclic) bond motifs is 2. The molecule has 142 valence electrons. The minimum atomic E-state index is -0.869. The van der Waals surface area contributed by atoms with Gasteiger partial charge in [0.25, 0.3) is 0 Å². The van der Waals surface area contributed by atoms with Crippen molar-refractivity contribution in [2.24, 2.45) is 0 Å². The van der Waals surface area contributed by atoms with E-state index >= 15 is 0 Å². The summed E-state index contributed by atoms with van der Waals surface area (Å²) < 4.78 is 12.8. The molecule has 0 spiro atoms. The fraction of sp³-hybridized carbons (Fsp3) is 0.182. The van der Waals surface area contributed by atoms with Gasteiger partial charge in [-0.15, -0.1) is 0 Å². The van der Waals surface area contributed by atoms with E-state index < -0.39 is 5.97 Å². The Morgan fingerprint density at radius 3 is 2.39 bits per heavy atom. The lowest BCUT2D eigenvalue weighted by Gasteiger charge is -2.13. The first-order chi connectivity index (χ1) is 13.5. The second kappa shape index (κ2) is 6.88. The number of hydrogen-bond donors (Lipinski definition) is 1. The third-order valence-corrected chi connectivity index (χ3v) is 5.04.